The zero-order valence-electron chi connectivity index (χ0n) is 13.2. The highest BCUT2D eigenvalue weighted by Gasteiger charge is 2.24. The molecule has 1 N–H and O–H groups in total. The smallest absolute Gasteiger partial charge is 0.260 e. The van der Waals surface area contributed by atoms with Crippen molar-refractivity contribution < 1.29 is 13.9 Å². The number of hydrogen-bond donors (Lipinski definition) is 1. The summed E-state index contributed by atoms with van der Waals surface area (Å²) in [7, 11) is 1.57. The van der Waals surface area contributed by atoms with Crippen molar-refractivity contribution in [2.75, 3.05) is 12.4 Å². The lowest BCUT2D eigenvalue weighted by Crippen LogP contribution is -2.13. The van der Waals surface area contributed by atoms with Crippen LogP contribution in [0.25, 0.3) is 5.88 Å². The van der Waals surface area contributed by atoms with Crippen molar-refractivity contribution in [3.63, 3.8) is 0 Å². The molecule has 0 aliphatic carbocycles. The van der Waals surface area contributed by atoms with E-state index in [2.05, 4.69) is 11.4 Å². The number of aryl methyl sites for hydroxylation is 1. The number of furan rings is 1. The van der Waals surface area contributed by atoms with Crippen LogP contribution in [0.15, 0.2) is 53.2 Å². The number of carbonyl (C=O) groups excluding carboxylic acids is 1. The van der Waals surface area contributed by atoms with E-state index in [9.17, 15) is 10.1 Å². The van der Waals surface area contributed by atoms with Crippen LogP contribution in [0.2, 0.25) is 0 Å². The summed E-state index contributed by atoms with van der Waals surface area (Å²) in [5, 5.41) is 12.2. The Hall–Kier alpha value is -3.46. The Bertz CT molecular complexity index is 900. The van der Waals surface area contributed by atoms with Crippen LogP contribution in [0.1, 0.15) is 21.7 Å². The first-order valence-corrected chi connectivity index (χ1v) is 7.26. The predicted molar refractivity (Wildman–Crippen MR) is 88.4 cm³/mol. The maximum Gasteiger partial charge on any atom is 0.260 e. The first kappa shape index (κ1) is 15.4. The SMILES string of the molecule is COc1ccc(NC(=O)c2c(C)oc(-n3cccc3)c2C#N)cc1. The Kier molecular flexibility index (Phi) is 4.08. The number of carbonyl (C=O) groups is 1. The molecule has 0 radical (unpaired) electrons. The van der Waals surface area contributed by atoms with Gasteiger partial charge >= 0.3 is 0 Å². The van der Waals surface area contributed by atoms with Crippen LogP contribution in [-0.2, 0) is 0 Å². The number of rotatable bonds is 4. The fourth-order valence-corrected chi connectivity index (χ4v) is 2.43. The highest BCUT2D eigenvalue weighted by molar-refractivity contribution is 6.07. The molecule has 0 bridgehead atoms. The number of nitriles is 1. The molecule has 6 nitrogen and oxygen atoms in total. The minimum Gasteiger partial charge on any atom is -0.497 e. The number of amides is 1. The van der Waals surface area contributed by atoms with Gasteiger partial charge in [-0.2, -0.15) is 5.26 Å². The monoisotopic (exact) mass is 321 g/mol. The van der Waals surface area contributed by atoms with E-state index in [1.807, 2.05) is 12.1 Å². The molecule has 0 saturated heterocycles. The summed E-state index contributed by atoms with van der Waals surface area (Å²) in [6.07, 6.45) is 3.51. The second-order valence-corrected chi connectivity index (χ2v) is 5.10. The predicted octanol–water partition coefficient (Wildman–Crippen LogP) is 3.51. The minimum atomic E-state index is -0.392. The molecular formula is C18H15N3O3. The Morgan fingerprint density at radius 1 is 1.25 bits per heavy atom. The molecule has 24 heavy (non-hydrogen) atoms. The molecule has 0 aliphatic heterocycles. The molecule has 0 saturated carbocycles. The van der Waals surface area contributed by atoms with Gasteiger partial charge in [0.25, 0.3) is 5.91 Å². The second-order valence-electron chi connectivity index (χ2n) is 5.10. The molecule has 0 fully saturated rings. The Morgan fingerprint density at radius 3 is 2.50 bits per heavy atom. The van der Waals surface area contributed by atoms with E-state index in [0.717, 1.165) is 0 Å². The Morgan fingerprint density at radius 2 is 1.92 bits per heavy atom. The fourth-order valence-electron chi connectivity index (χ4n) is 2.43. The quantitative estimate of drug-likeness (QED) is 0.797. The molecule has 2 aromatic heterocycles. The van der Waals surface area contributed by atoms with Gasteiger partial charge in [-0.3, -0.25) is 9.36 Å². The van der Waals surface area contributed by atoms with Crippen molar-refractivity contribution >= 4 is 11.6 Å². The van der Waals surface area contributed by atoms with E-state index >= 15 is 0 Å². The number of ether oxygens (including phenoxy) is 1. The summed E-state index contributed by atoms with van der Waals surface area (Å²) in [5.41, 5.74) is 1.04. The van der Waals surface area contributed by atoms with Gasteiger partial charge in [-0.05, 0) is 43.3 Å². The van der Waals surface area contributed by atoms with E-state index < -0.39 is 5.91 Å². The van der Waals surface area contributed by atoms with Crippen LogP contribution in [0.4, 0.5) is 5.69 Å². The van der Waals surface area contributed by atoms with Crippen molar-refractivity contribution in [3.8, 4) is 17.7 Å². The summed E-state index contributed by atoms with van der Waals surface area (Å²) in [6, 6.07) is 12.6. The highest BCUT2D eigenvalue weighted by Crippen LogP contribution is 2.26. The average molecular weight is 321 g/mol. The lowest BCUT2D eigenvalue weighted by Gasteiger charge is -2.06. The van der Waals surface area contributed by atoms with Gasteiger partial charge in [0.1, 0.15) is 28.7 Å². The van der Waals surface area contributed by atoms with Gasteiger partial charge in [0.05, 0.1) is 7.11 Å². The van der Waals surface area contributed by atoms with Crippen LogP contribution in [0, 0.1) is 18.3 Å². The van der Waals surface area contributed by atoms with Gasteiger partial charge in [-0.1, -0.05) is 0 Å². The number of methoxy groups -OCH3 is 1. The van der Waals surface area contributed by atoms with E-state index in [1.165, 1.54) is 0 Å². The molecule has 6 heteroatoms. The minimum absolute atomic E-state index is 0.203. The fraction of sp³-hybridized carbons (Fsp3) is 0.111. The van der Waals surface area contributed by atoms with Gasteiger partial charge in [0, 0.05) is 18.1 Å². The number of benzene rings is 1. The molecule has 0 spiro atoms. The molecule has 1 amide bonds. The Labute approximate surface area is 138 Å². The number of aromatic nitrogens is 1. The van der Waals surface area contributed by atoms with E-state index in [4.69, 9.17) is 9.15 Å². The zero-order chi connectivity index (χ0) is 17.1. The maximum atomic E-state index is 12.6. The van der Waals surface area contributed by atoms with Gasteiger partial charge < -0.3 is 14.5 Å². The Balaban J connectivity index is 1.93. The third-order valence-electron chi connectivity index (χ3n) is 3.59. The normalized spacial score (nSPS) is 10.2. The molecule has 1 aromatic carbocycles. The van der Waals surface area contributed by atoms with Crippen molar-refractivity contribution in [2.24, 2.45) is 0 Å². The van der Waals surface area contributed by atoms with Crippen molar-refractivity contribution in [2.45, 2.75) is 6.92 Å². The van der Waals surface area contributed by atoms with Crippen LogP contribution < -0.4 is 10.1 Å². The maximum absolute atomic E-state index is 12.6. The zero-order valence-corrected chi connectivity index (χ0v) is 13.2. The topological polar surface area (TPSA) is 80.2 Å². The lowest BCUT2D eigenvalue weighted by molar-refractivity contribution is 0.102. The largest absolute Gasteiger partial charge is 0.497 e. The van der Waals surface area contributed by atoms with Gasteiger partial charge in [0.15, 0.2) is 0 Å². The van der Waals surface area contributed by atoms with E-state index in [-0.39, 0.29) is 11.1 Å². The molecule has 120 valence electrons. The van der Waals surface area contributed by atoms with Crippen LogP contribution in [0.5, 0.6) is 5.75 Å². The molecule has 0 aliphatic rings. The third-order valence-corrected chi connectivity index (χ3v) is 3.59. The molecule has 2 heterocycles. The van der Waals surface area contributed by atoms with Crippen molar-refractivity contribution in [3.05, 3.63) is 65.7 Å². The number of hydrogen-bond acceptors (Lipinski definition) is 4. The summed E-state index contributed by atoms with van der Waals surface area (Å²) >= 11 is 0. The number of nitrogens with zero attached hydrogens (tertiary/aromatic N) is 2. The summed E-state index contributed by atoms with van der Waals surface area (Å²) in [4.78, 5) is 12.6. The van der Waals surface area contributed by atoms with Crippen molar-refractivity contribution in [1.29, 1.82) is 5.26 Å². The van der Waals surface area contributed by atoms with Gasteiger partial charge in [-0.15, -0.1) is 0 Å². The third kappa shape index (κ3) is 2.75. The van der Waals surface area contributed by atoms with Crippen molar-refractivity contribution in [1.82, 2.24) is 4.57 Å². The second kappa shape index (κ2) is 6.34. The standard InChI is InChI=1S/C18H15N3O3/c1-12-16(15(11-19)18(24-12)21-9-3-4-10-21)17(22)20-13-5-7-14(23-2)8-6-13/h3-10H,1-2H3,(H,20,22). The molecule has 3 aromatic rings. The molecule has 3 rings (SSSR count). The summed E-state index contributed by atoms with van der Waals surface area (Å²) in [5.74, 6) is 1.03. The molecular weight excluding hydrogens is 306 g/mol. The summed E-state index contributed by atoms with van der Waals surface area (Å²) < 4.78 is 12.4. The van der Waals surface area contributed by atoms with Crippen LogP contribution >= 0.6 is 0 Å². The number of nitrogens with one attached hydrogen (secondary N) is 1. The van der Waals surface area contributed by atoms with Crippen LogP contribution in [0.3, 0.4) is 0 Å². The lowest BCUT2D eigenvalue weighted by atomic mass is 10.1. The van der Waals surface area contributed by atoms with E-state index in [1.54, 1.807) is 55.3 Å². The molecule has 0 unspecified atom stereocenters. The average Bonchev–Trinajstić information content (AvgIpc) is 3.22. The molecule has 0 atom stereocenters. The number of anilines is 1. The highest BCUT2D eigenvalue weighted by atomic mass is 16.5. The van der Waals surface area contributed by atoms with Gasteiger partial charge in [-0.25, -0.2) is 0 Å². The van der Waals surface area contributed by atoms with Crippen LogP contribution in [-0.4, -0.2) is 17.6 Å². The van der Waals surface area contributed by atoms with Gasteiger partial charge in [0.2, 0.25) is 5.88 Å². The first-order chi connectivity index (χ1) is 11.6. The summed E-state index contributed by atoms with van der Waals surface area (Å²) in [6.45, 7) is 1.66. The first-order valence-electron chi connectivity index (χ1n) is 7.26. The van der Waals surface area contributed by atoms with E-state index in [0.29, 0.717) is 23.1 Å².